The number of pyridine rings is 1. The molecule has 3 saturated carbocycles. The number of thiophene rings is 1. The Bertz CT molecular complexity index is 1720. The third-order valence-corrected chi connectivity index (χ3v) is 12.9. The normalized spacial score (nSPS) is 19.5. The van der Waals surface area contributed by atoms with Gasteiger partial charge in [0.05, 0.1) is 5.76 Å². The van der Waals surface area contributed by atoms with Crippen LogP contribution < -0.4 is 0 Å². The molecule has 3 fully saturated rings. The monoisotopic (exact) mass is 843 g/mol. The number of carbonyl (C=O) groups excluding carboxylic acids is 1. The summed E-state index contributed by atoms with van der Waals surface area (Å²) < 4.78 is 1.36. The average molecular weight is 843 g/mol. The third-order valence-electron chi connectivity index (χ3n) is 11.3. The van der Waals surface area contributed by atoms with Crippen LogP contribution in [0.2, 0.25) is 0 Å². The summed E-state index contributed by atoms with van der Waals surface area (Å²) in [5.41, 5.74) is 5.61. The Morgan fingerprint density at radius 2 is 1.58 bits per heavy atom. The molecule has 48 heavy (non-hydrogen) atoms. The number of aryl methyl sites for hydroxylation is 1. The van der Waals surface area contributed by atoms with Gasteiger partial charge in [-0.3, -0.25) is 9.78 Å². The summed E-state index contributed by atoms with van der Waals surface area (Å²) >= 11 is 2.04. The summed E-state index contributed by atoms with van der Waals surface area (Å²) in [6, 6.07) is 17.0. The van der Waals surface area contributed by atoms with Gasteiger partial charge in [-0.15, -0.1) is 40.5 Å². The molecule has 3 aliphatic carbocycles. The molecule has 3 nitrogen and oxygen atoms in total. The van der Waals surface area contributed by atoms with Crippen molar-refractivity contribution in [2.24, 2.45) is 17.8 Å². The van der Waals surface area contributed by atoms with Crippen molar-refractivity contribution in [1.82, 2.24) is 4.98 Å². The number of aliphatic hydroxyl groups is 1. The maximum atomic E-state index is 11.7. The summed E-state index contributed by atoms with van der Waals surface area (Å²) in [6.45, 7) is 17.3. The zero-order chi connectivity index (χ0) is 33.9. The topological polar surface area (TPSA) is 50.2 Å². The largest absolute Gasteiger partial charge is 0.512 e. The molecule has 2 bridgehead atoms. The number of aromatic nitrogens is 1. The summed E-state index contributed by atoms with van der Waals surface area (Å²) in [7, 11) is 0. The number of fused-ring (bicyclic) bond motifs is 5. The van der Waals surface area contributed by atoms with Crippen LogP contribution in [0.1, 0.15) is 129 Å². The van der Waals surface area contributed by atoms with Crippen LogP contribution in [0.4, 0.5) is 0 Å². The fourth-order valence-electron chi connectivity index (χ4n) is 8.19. The minimum atomic E-state index is 0. The molecule has 3 aliphatic rings. The second-order valence-corrected chi connectivity index (χ2v) is 16.3. The Balaban J connectivity index is 0.000000279. The van der Waals surface area contributed by atoms with Crippen LogP contribution in [0, 0.1) is 30.7 Å². The van der Waals surface area contributed by atoms with E-state index in [1.807, 2.05) is 45.2 Å². The molecule has 0 spiro atoms. The number of ketones is 1. The number of benzene rings is 2. The maximum Gasteiger partial charge on any atom is 0.162 e. The minimum absolute atomic E-state index is 0. The molecule has 5 heteroatoms. The number of rotatable bonds is 9. The average Bonchev–Trinajstić information content (AvgIpc) is 3.43. The molecule has 4 aromatic rings. The van der Waals surface area contributed by atoms with Gasteiger partial charge in [0.2, 0.25) is 0 Å². The number of aliphatic hydroxyl groups excluding tert-OH is 1. The number of hydrogen-bond acceptors (Lipinski definition) is 4. The summed E-state index contributed by atoms with van der Waals surface area (Å²) in [5, 5.41) is 13.6. The molecule has 0 aliphatic heterocycles. The fraction of sp³-hybridized carbons (Fsp3) is 0.535. The van der Waals surface area contributed by atoms with Crippen LogP contribution in [0.25, 0.3) is 32.1 Å². The van der Waals surface area contributed by atoms with Crippen LogP contribution in [-0.4, -0.2) is 15.9 Å². The molecule has 1 N–H and O–H groups in total. The van der Waals surface area contributed by atoms with E-state index in [1.165, 1.54) is 76.6 Å². The zero-order valence-electron chi connectivity index (χ0n) is 30.5. The predicted molar refractivity (Wildman–Crippen MR) is 202 cm³/mol. The van der Waals surface area contributed by atoms with E-state index in [9.17, 15) is 9.90 Å². The molecule has 2 aromatic carbocycles. The first-order valence-corrected chi connectivity index (χ1v) is 19.1. The standard InChI is InChI=1S/C30H32NS.C13H24O2.Ir/c1-19-23-12-16-31-26(27(23)32-28(19)30-13-9-20(10-14-30)11-15-30)22-17-21-7-5-6-8-24(21)25(18-22)29(2,3)4;1-5-10(6-2)12(14)9-13(15)11(7-3)8-4;/h5-8,12,16,18,20H,9-11,13-15H2,1-4H3;9-11,14H,5-8H2,1-4H3;/q-1;;/b;12-9-;. The predicted octanol–water partition coefficient (Wildman–Crippen LogP) is 12.6. The summed E-state index contributed by atoms with van der Waals surface area (Å²) in [4.78, 5) is 18.3. The molecule has 1 radical (unpaired) electrons. The smallest absolute Gasteiger partial charge is 0.162 e. The van der Waals surface area contributed by atoms with E-state index in [1.54, 1.807) is 4.88 Å². The Morgan fingerprint density at radius 1 is 0.979 bits per heavy atom. The van der Waals surface area contributed by atoms with E-state index in [0.29, 0.717) is 5.41 Å². The van der Waals surface area contributed by atoms with Crippen LogP contribution in [0.5, 0.6) is 0 Å². The fourth-order valence-corrected chi connectivity index (χ4v) is 9.77. The van der Waals surface area contributed by atoms with Crippen LogP contribution in [0.15, 0.2) is 54.4 Å². The molecule has 0 amide bonds. The summed E-state index contributed by atoms with van der Waals surface area (Å²) in [5.74, 6) is 1.54. The van der Waals surface area contributed by atoms with Gasteiger partial charge in [-0.1, -0.05) is 77.6 Å². The van der Waals surface area contributed by atoms with E-state index in [4.69, 9.17) is 4.98 Å². The third kappa shape index (κ3) is 7.85. The van der Waals surface area contributed by atoms with Gasteiger partial charge in [0.1, 0.15) is 0 Å². The number of hydrogen-bond donors (Lipinski definition) is 1. The van der Waals surface area contributed by atoms with Crippen LogP contribution in [-0.2, 0) is 35.7 Å². The van der Waals surface area contributed by atoms with Crippen LogP contribution >= 0.6 is 11.3 Å². The molecule has 0 unspecified atom stereocenters. The van der Waals surface area contributed by atoms with E-state index in [0.717, 1.165) is 42.9 Å². The second-order valence-electron chi connectivity index (χ2n) is 15.2. The van der Waals surface area contributed by atoms with Gasteiger partial charge >= 0.3 is 0 Å². The quantitative estimate of drug-likeness (QED) is 0.104. The van der Waals surface area contributed by atoms with E-state index >= 15 is 0 Å². The molecule has 0 saturated heterocycles. The van der Waals surface area contributed by atoms with Crippen LogP contribution in [0.3, 0.4) is 0 Å². The molecular weight excluding hydrogens is 787 g/mol. The van der Waals surface area contributed by atoms with Crippen molar-refractivity contribution >= 4 is 38.0 Å². The van der Waals surface area contributed by atoms with Crippen molar-refractivity contribution < 1.29 is 30.0 Å². The van der Waals surface area contributed by atoms with Crippen molar-refractivity contribution in [3.63, 3.8) is 0 Å². The first kappa shape index (κ1) is 38.5. The van der Waals surface area contributed by atoms with Gasteiger partial charge in [-0.05, 0) is 99.5 Å². The molecule has 0 atom stereocenters. The van der Waals surface area contributed by atoms with Gasteiger partial charge in [-0.2, -0.15) is 0 Å². The first-order valence-electron chi connectivity index (χ1n) is 18.2. The van der Waals surface area contributed by atoms with Crippen molar-refractivity contribution in [3.8, 4) is 11.3 Å². The van der Waals surface area contributed by atoms with Gasteiger partial charge < -0.3 is 5.11 Å². The van der Waals surface area contributed by atoms with Gasteiger partial charge in [0.25, 0.3) is 0 Å². The molecule has 7 rings (SSSR count). The Kier molecular flexibility index (Phi) is 12.9. The van der Waals surface area contributed by atoms with E-state index < -0.39 is 0 Å². The first-order chi connectivity index (χ1) is 22.5. The van der Waals surface area contributed by atoms with Crippen molar-refractivity contribution in [3.05, 3.63) is 76.5 Å². The van der Waals surface area contributed by atoms with Crippen molar-refractivity contribution in [2.75, 3.05) is 0 Å². The zero-order valence-corrected chi connectivity index (χ0v) is 33.7. The molecule has 2 aromatic heterocycles. The number of carbonyl (C=O) groups is 1. The number of allylic oxidation sites excluding steroid dienone is 2. The van der Waals surface area contributed by atoms with E-state index in [2.05, 4.69) is 70.2 Å². The summed E-state index contributed by atoms with van der Waals surface area (Å²) in [6.07, 6.45) is 15.3. The van der Waals surface area contributed by atoms with Gasteiger partial charge in [0.15, 0.2) is 5.78 Å². The minimum Gasteiger partial charge on any atom is -0.512 e. The van der Waals surface area contributed by atoms with Crippen molar-refractivity contribution in [1.29, 1.82) is 0 Å². The number of nitrogens with zero attached hydrogens (tertiary/aromatic N) is 1. The molecular formula is C43H56IrNO2S-. The Labute approximate surface area is 307 Å². The maximum absolute atomic E-state index is 11.7. The molecule has 2 heterocycles. The Hall–Kier alpha value is -2.33. The van der Waals surface area contributed by atoms with E-state index in [-0.39, 0.29) is 48.9 Å². The van der Waals surface area contributed by atoms with Crippen molar-refractivity contribution in [2.45, 2.75) is 130 Å². The second kappa shape index (κ2) is 16.1. The SMILES string of the molecule is CCC(CC)C(=O)/C=C(\O)C(CC)CC.Cc1c(C23CCC(CC2)CC3)sc2c(-c3[c-]c4ccccc4c(C(C)(C)C)c3)nccc12.[Ir]. The Morgan fingerprint density at radius 3 is 2.17 bits per heavy atom. The molecule has 261 valence electrons. The van der Waals surface area contributed by atoms with Gasteiger partial charge in [0, 0.05) is 64.9 Å². The van der Waals surface area contributed by atoms with Gasteiger partial charge in [-0.25, -0.2) is 0 Å².